The Morgan fingerprint density at radius 1 is 1.27 bits per heavy atom. The Bertz CT molecular complexity index is 803. The van der Waals surface area contributed by atoms with E-state index >= 15 is 0 Å². The maximum absolute atomic E-state index is 12.5. The van der Waals surface area contributed by atoms with E-state index in [1.807, 2.05) is 30.3 Å². The molecule has 2 rings (SSSR count). The Kier molecular flexibility index (Phi) is 7.38. The van der Waals surface area contributed by atoms with Gasteiger partial charge >= 0.3 is 0 Å². The largest absolute Gasteiger partial charge is 0.405 e. The fourth-order valence-corrected chi connectivity index (χ4v) is 2.88. The lowest BCUT2D eigenvalue weighted by Crippen LogP contribution is -2.41. The summed E-state index contributed by atoms with van der Waals surface area (Å²) in [4.78, 5) is 16.7. The average molecular weight is 371 g/mol. The van der Waals surface area contributed by atoms with E-state index in [0.29, 0.717) is 34.8 Å². The van der Waals surface area contributed by atoms with Gasteiger partial charge in [0.2, 0.25) is 0 Å². The number of carbonyl (C=O) groups is 1. The number of aliphatic imine (C=N–C) groups is 1. The first-order chi connectivity index (χ1) is 12.6. The van der Waals surface area contributed by atoms with E-state index in [4.69, 9.17) is 23.1 Å². The molecule has 0 bridgehead atoms. The molecular formula is C20H23ClN4O. The van der Waals surface area contributed by atoms with Crippen molar-refractivity contribution in [2.45, 2.75) is 12.5 Å². The summed E-state index contributed by atoms with van der Waals surface area (Å²) in [5.41, 5.74) is 14.2. The zero-order valence-corrected chi connectivity index (χ0v) is 15.4. The van der Waals surface area contributed by atoms with Crippen molar-refractivity contribution in [1.82, 2.24) is 5.32 Å². The molecule has 0 aliphatic rings. The van der Waals surface area contributed by atoms with E-state index in [1.54, 1.807) is 31.3 Å². The topological polar surface area (TPSA) is 93.5 Å². The summed E-state index contributed by atoms with van der Waals surface area (Å²) >= 11 is 6.32. The van der Waals surface area contributed by atoms with Crippen LogP contribution >= 0.6 is 11.6 Å². The Balaban J connectivity index is 2.12. The van der Waals surface area contributed by atoms with Crippen molar-refractivity contribution in [1.29, 1.82) is 0 Å². The average Bonchev–Trinajstić information content (AvgIpc) is 2.66. The fraction of sp³-hybridized carbons (Fsp3) is 0.200. The fourth-order valence-electron chi connectivity index (χ4n) is 2.60. The number of hydrogen-bond acceptors (Lipinski definition) is 4. The number of nitrogens with two attached hydrogens (primary N) is 2. The van der Waals surface area contributed by atoms with E-state index in [1.165, 1.54) is 6.20 Å². The van der Waals surface area contributed by atoms with Crippen molar-refractivity contribution >= 4 is 23.2 Å². The lowest BCUT2D eigenvalue weighted by Gasteiger charge is -2.17. The Morgan fingerprint density at radius 3 is 2.58 bits per heavy atom. The molecule has 1 amide bonds. The van der Waals surface area contributed by atoms with Gasteiger partial charge in [-0.15, -0.1) is 0 Å². The molecule has 0 aromatic heterocycles. The molecule has 2 aromatic carbocycles. The molecule has 26 heavy (non-hydrogen) atoms. The van der Waals surface area contributed by atoms with Crippen molar-refractivity contribution in [2.24, 2.45) is 16.5 Å². The molecule has 1 unspecified atom stereocenters. The summed E-state index contributed by atoms with van der Waals surface area (Å²) in [6.45, 7) is 0.348. The van der Waals surface area contributed by atoms with Crippen molar-refractivity contribution in [2.75, 3.05) is 13.6 Å². The van der Waals surface area contributed by atoms with Gasteiger partial charge in [0, 0.05) is 30.8 Å². The van der Waals surface area contributed by atoms with Gasteiger partial charge in [0.1, 0.15) is 0 Å². The molecule has 0 spiro atoms. The van der Waals surface area contributed by atoms with Crippen LogP contribution in [0.2, 0.25) is 5.02 Å². The summed E-state index contributed by atoms with van der Waals surface area (Å²) < 4.78 is 0. The van der Waals surface area contributed by atoms with Gasteiger partial charge in [-0.3, -0.25) is 9.79 Å². The van der Waals surface area contributed by atoms with Crippen LogP contribution in [0, 0.1) is 0 Å². The van der Waals surface area contributed by atoms with Crippen molar-refractivity contribution in [3.8, 4) is 0 Å². The van der Waals surface area contributed by atoms with Crippen LogP contribution in [0.1, 0.15) is 21.5 Å². The normalized spacial score (nSPS) is 13.0. The van der Waals surface area contributed by atoms with Crippen molar-refractivity contribution in [3.05, 3.63) is 82.5 Å². The highest BCUT2D eigenvalue weighted by Gasteiger charge is 2.15. The Labute approximate surface area is 158 Å². The van der Waals surface area contributed by atoms with E-state index in [-0.39, 0.29) is 11.9 Å². The van der Waals surface area contributed by atoms with Crippen LogP contribution in [-0.2, 0) is 6.42 Å². The maximum Gasteiger partial charge on any atom is 0.251 e. The number of rotatable bonds is 7. The molecule has 0 radical (unpaired) electrons. The van der Waals surface area contributed by atoms with Crippen LogP contribution in [-0.4, -0.2) is 31.3 Å². The summed E-state index contributed by atoms with van der Waals surface area (Å²) in [7, 11) is 1.65. The van der Waals surface area contributed by atoms with Gasteiger partial charge < -0.3 is 16.8 Å². The van der Waals surface area contributed by atoms with Crippen molar-refractivity contribution in [3.63, 3.8) is 0 Å². The summed E-state index contributed by atoms with van der Waals surface area (Å²) in [6.07, 6.45) is 3.73. The van der Waals surface area contributed by atoms with E-state index in [0.717, 1.165) is 5.56 Å². The lowest BCUT2D eigenvalue weighted by atomic mass is 10.0. The van der Waals surface area contributed by atoms with Gasteiger partial charge in [0.05, 0.1) is 10.7 Å². The number of hydrogen-bond donors (Lipinski definition) is 3. The molecule has 6 heteroatoms. The molecule has 0 fully saturated rings. The predicted octanol–water partition coefficient (Wildman–Crippen LogP) is 2.53. The second kappa shape index (κ2) is 9.75. The molecular weight excluding hydrogens is 348 g/mol. The van der Waals surface area contributed by atoms with Gasteiger partial charge in [-0.2, -0.15) is 0 Å². The monoisotopic (exact) mass is 370 g/mol. The highest BCUT2D eigenvalue weighted by atomic mass is 35.5. The summed E-state index contributed by atoms with van der Waals surface area (Å²) in [5.74, 6) is -0.214. The smallest absolute Gasteiger partial charge is 0.251 e. The van der Waals surface area contributed by atoms with E-state index in [9.17, 15) is 4.79 Å². The first kappa shape index (κ1) is 19.7. The molecule has 2 aromatic rings. The molecule has 0 aliphatic heterocycles. The molecule has 0 saturated heterocycles. The second-order valence-electron chi connectivity index (χ2n) is 5.76. The number of allylic oxidation sites excluding steroid dienone is 1. The van der Waals surface area contributed by atoms with Crippen LogP contribution < -0.4 is 16.8 Å². The minimum Gasteiger partial charge on any atom is -0.405 e. The highest BCUT2D eigenvalue weighted by Crippen LogP contribution is 2.19. The minimum absolute atomic E-state index is 0.156. The SMILES string of the molecule is CN=C(/C=C\N)c1ccc(C(=O)NC(CN)Cc2ccccc2)cc1Cl. The first-order valence-electron chi connectivity index (χ1n) is 8.28. The zero-order chi connectivity index (χ0) is 18.9. The number of halogens is 1. The Morgan fingerprint density at radius 2 is 2.00 bits per heavy atom. The molecule has 0 heterocycles. The highest BCUT2D eigenvalue weighted by molar-refractivity contribution is 6.35. The molecule has 5 nitrogen and oxygen atoms in total. The predicted molar refractivity (Wildman–Crippen MR) is 108 cm³/mol. The molecule has 0 aliphatic carbocycles. The van der Waals surface area contributed by atoms with Crippen molar-refractivity contribution < 1.29 is 4.79 Å². The number of nitrogens with one attached hydrogen (secondary N) is 1. The van der Waals surface area contributed by atoms with Gasteiger partial charge in [0.15, 0.2) is 0 Å². The number of carbonyl (C=O) groups excluding carboxylic acids is 1. The minimum atomic E-state index is -0.214. The third kappa shape index (κ3) is 5.18. The quantitative estimate of drug-likeness (QED) is 0.654. The summed E-state index contributed by atoms with van der Waals surface area (Å²) in [6, 6.07) is 14.8. The van der Waals surface area contributed by atoms with E-state index in [2.05, 4.69) is 10.3 Å². The molecule has 0 saturated carbocycles. The number of amides is 1. The van der Waals surface area contributed by atoms with Gasteiger partial charge in [0.25, 0.3) is 5.91 Å². The third-order valence-corrected chi connectivity index (χ3v) is 4.26. The number of nitrogens with zero attached hydrogens (tertiary/aromatic N) is 1. The van der Waals surface area contributed by atoms with Crippen LogP contribution in [0.4, 0.5) is 0 Å². The molecule has 1 atom stereocenters. The molecule has 136 valence electrons. The first-order valence-corrected chi connectivity index (χ1v) is 8.66. The van der Waals surface area contributed by atoms with Crippen LogP contribution in [0.3, 0.4) is 0 Å². The standard InChI is InChI=1S/C20H23ClN4O/c1-24-19(9-10-22)17-8-7-15(12-18(17)21)20(26)25-16(13-23)11-14-5-3-2-4-6-14/h2-10,12,16H,11,13,22-23H2,1H3,(H,25,26)/b10-9-,24-19?. The lowest BCUT2D eigenvalue weighted by molar-refractivity contribution is 0.0938. The van der Waals surface area contributed by atoms with Crippen LogP contribution in [0.5, 0.6) is 0 Å². The zero-order valence-electron chi connectivity index (χ0n) is 14.7. The van der Waals surface area contributed by atoms with Gasteiger partial charge in [-0.05, 0) is 36.4 Å². The number of benzene rings is 2. The van der Waals surface area contributed by atoms with Crippen LogP contribution in [0.25, 0.3) is 0 Å². The Hall–Kier alpha value is -2.63. The maximum atomic E-state index is 12.5. The summed E-state index contributed by atoms with van der Waals surface area (Å²) in [5, 5.41) is 3.39. The van der Waals surface area contributed by atoms with E-state index < -0.39 is 0 Å². The van der Waals surface area contributed by atoms with Crippen LogP contribution in [0.15, 0.2) is 65.8 Å². The van der Waals surface area contributed by atoms with Gasteiger partial charge in [-0.25, -0.2) is 0 Å². The molecule has 5 N–H and O–H groups in total. The van der Waals surface area contributed by atoms with Gasteiger partial charge in [-0.1, -0.05) is 48.0 Å². The third-order valence-electron chi connectivity index (χ3n) is 3.95. The second-order valence-corrected chi connectivity index (χ2v) is 6.17.